The first-order valence-electron chi connectivity index (χ1n) is 9.69. The number of anilines is 2. The lowest BCUT2D eigenvalue weighted by Gasteiger charge is -2.18. The molecule has 0 fully saturated rings. The van der Waals surface area contributed by atoms with E-state index in [4.69, 9.17) is 0 Å². The number of halogens is 6. The number of amides is 4. The number of carbonyl (C=O) groups excluding carboxylic acids is 2. The van der Waals surface area contributed by atoms with Gasteiger partial charge in [0, 0.05) is 11.4 Å². The molecule has 0 bridgehead atoms. The summed E-state index contributed by atoms with van der Waals surface area (Å²) in [7, 11) is 0. The van der Waals surface area contributed by atoms with Gasteiger partial charge in [-0.25, -0.2) is 9.59 Å². The molecule has 0 saturated carbocycles. The van der Waals surface area contributed by atoms with E-state index in [1.54, 1.807) is 13.0 Å². The molecule has 0 saturated heterocycles. The molecule has 33 heavy (non-hydrogen) atoms. The molecule has 8 nitrogen and oxygen atoms in total. The van der Waals surface area contributed by atoms with E-state index in [-0.39, 0.29) is 18.9 Å². The second kappa shape index (κ2) is 12.5. The first-order chi connectivity index (χ1) is 15.1. The number of alkyl halides is 6. The van der Waals surface area contributed by atoms with Gasteiger partial charge in [-0.05, 0) is 38.5 Å². The van der Waals surface area contributed by atoms with Gasteiger partial charge in [0.1, 0.15) is 13.2 Å². The number of benzene rings is 1. The van der Waals surface area contributed by atoms with E-state index in [0.29, 0.717) is 11.3 Å². The van der Waals surface area contributed by atoms with Crippen LogP contribution in [0.5, 0.6) is 0 Å². The fourth-order valence-electron chi connectivity index (χ4n) is 2.39. The van der Waals surface area contributed by atoms with Crippen LogP contribution in [-0.2, 0) is 9.47 Å². The van der Waals surface area contributed by atoms with Crippen molar-refractivity contribution < 1.29 is 45.4 Å². The van der Waals surface area contributed by atoms with E-state index in [0.717, 1.165) is 0 Å². The summed E-state index contributed by atoms with van der Waals surface area (Å²) in [5, 5.41) is 9.83. The van der Waals surface area contributed by atoms with Crippen LogP contribution in [0.25, 0.3) is 0 Å². The molecule has 188 valence electrons. The van der Waals surface area contributed by atoms with Gasteiger partial charge < -0.3 is 30.7 Å². The Labute approximate surface area is 186 Å². The third-order valence-corrected chi connectivity index (χ3v) is 3.77. The van der Waals surface area contributed by atoms with Crippen LogP contribution in [0.2, 0.25) is 0 Å². The second-order valence-corrected chi connectivity index (χ2v) is 7.29. The Morgan fingerprint density at radius 3 is 1.76 bits per heavy atom. The summed E-state index contributed by atoms with van der Waals surface area (Å²) in [6.45, 7) is 1.05. The summed E-state index contributed by atoms with van der Waals surface area (Å²) in [5.41, 5.74) is 1.22. The van der Waals surface area contributed by atoms with Crippen molar-refractivity contribution >= 4 is 23.4 Å². The van der Waals surface area contributed by atoms with Gasteiger partial charge in [-0.1, -0.05) is 6.07 Å². The van der Waals surface area contributed by atoms with E-state index in [2.05, 4.69) is 30.7 Å². The minimum atomic E-state index is -4.47. The van der Waals surface area contributed by atoms with Crippen LogP contribution in [0.15, 0.2) is 18.2 Å². The van der Waals surface area contributed by atoms with Gasteiger partial charge in [-0.3, -0.25) is 0 Å². The third-order valence-electron chi connectivity index (χ3n) is 3.77. The Hall–Kier alpha value is -2.74. The fraction of sp³-hybridized carbons (Fsp3) is 0.579. The van der Waals surface area contributed by atoms with Crippen molar-refractivity contribution in [2.75, 3.05) is 37.1 Å². The number of hydrogen-bond acceptors (Lipinski definition) is 4. The summed E-state index contributed by atoms with van der Waals surface area (Å²) >= 11 is 0. The van der Waals surface area contributed by atoms with Crippen LogP contribution in [0.4, 0.5) is 47.3 Å². The highest BCUT2D eigenvalue weighted by Gasteiger charge is 2.28. The highest BCUT2D eigenvalue weighted by Crippen LogP contribution is 2.20. The van der Waals surface area contributed by atoms with Crippen LogP contribution in [0, 0.1) is 6.92 Å². The maximum Gasteiger partial charge on any atom is 0.411 e. The average Bonchev–Trinajstić information content (AvgIpc) is 2.62. The molecule has 2 atom stereocenters. The molecule has 0 unspecified atom stereocenters. The maximum atomic E-state index is 12.1. The summed E-state index contributed by atoms with van der Waals surface area (Å²) in [4.78, 5) is 24.1. The average molecular weight is 488 g/mol. The van der Waals surface area contributed by atoms with Crippen LogP contribution >= 0.6 is 0 Å². The van der Waals surface area contributed by atoms with Crippen molar-refractivity contribution in [3.8, 4) is 0 Å². The van der Waals surface area contributed by atoms with E-state index >= 15 is 0 Å². The fourth-order valence-corrected chi connectivity index (χ4v) is 2.39. The molecule has 0 heterocycles. The standard InChI is InChI=1S/C19H26F6N4O4/c1-11-4-5-14(28-16(30)26-12(2)7-32-9-18(20,21)22)6-15(11)29-17(31)27-13(3)8-33-10-19(23,24)25/h4-6,12-13H,7-10H2,1-3H3,(H2,26,28,30)(H2,27,29,31)/t12-,13+/m0/s1. The molecule has 0 radical (unpaired) electrons. The van der Waals surface area contributed by atoms with Crippen molar-refractivity contribution in [3.63, 3.8) is 0 Å². The largest absolute Gasteiger partial charge is 0.411 e. The van der Waals surface area contributed by atoms with E-state index in [1.165, 1.54) is 26.0 Å². The molecular formula is C19H26F6N4O4. The van der Waals surface area contributed by atoms with E-state index in [9.17, 15) is 35.9 Å². The molecule has 0 aliphatic rings. The Balaban J connectivity index is 2.53. The van der Waals surface area contributed by atoms with Gasteiger partial charge in [0.2, 0.25) is 0 Å². The van der Waals surface area contributed by atoms with Crippen molar-refractivity contribution in [1.82, 2.24) is 10.6 Å². The quantitative estimate of drug-likeness (QED) is 0.372. The van der Waals surface area contributed by atoms with Gasteiger partial charge in [0.15, 0.2) is 0 Å². The number of nitrogens with one attached hydrogen (secondary N) is 4. The molecule has 0 spiro atoms. The van der Waals surface area contributed by atoms with Gasteiger partial charge in [0.05, 0.1) is 25.3 Å². The zero-order valence-electron chi connectivity index (χ0n) is 18.1. The lowest BCUT2D eigenvalue weighted by atomic mass is 10.2. The number of hydrogen-bond donors (Lipinski definition) is 4. The Morgan fingerprint density at radius 2 is 1.30 bits per heavy atom. The van der Waals surface area contributed by atoms with Gasteiger partial charge in [0.25, 0.3) is 0 Å². The molecule has 4 N–H and O–H groups in total. The minimum Gasteiger partial charge on any atom is -0.370 e. The monoisotopic (exact) mass is 488 g/mol. The minimum absolute atomic E-state index is 0.276. The third kappa shape index (κ3) is 13.4. The number of ether oxygens (including phenoxy) is 2. The van der Waals surface area contributed by atoms with Gasteiger partial charge >= 0.3 is 24.4 Å². The van der Waals surface area contributed by atoms with Crippen molar-refractivity contribution in [2.45, 2.75) is 45.2 Å². The van der Waals surface area contributed by atoms with Crippen LogP contribution in [0.1, 0.15) is 19.4 Å². The Morgan fingerprint density at radius 1 is 0.848 bits per heavy atom. The second-order valence-electron chi connectivity index (χ2n) is 7.29. The summed E-state index contributed by atoms with van der Waals surface area (Å²) in [6, 6.07) is 1.76. The smallest absolute Gasteiger partial charge is 0.370 e. The van der Waals surface area contributed by atoms with Crippen LogP contribution in [-0.4, -0.2) is 62.9 Å². The molecule has 1 aromatic rings. The Bertz CT molecular complexity index is 789. The predicted molar refractivity (Wildman–Crippen MR) is 108 cm³/mol. The summed E-state index contributed by atoms with van der Waals surface area (Å²) < 4.78 is 81.5. The number of carbonyl (C=O) groups is 2. The SMILES string of the molecule is Cc1ccc(NC(=O)N[C@@H](C)COCC(F)(F)F)cc1NC(=O)N[C@H](C)COCC(F)(F)F. The zero-order valence-corrected chi connectivity index (χ0v) is 18.1. The summed E-state index contributed by atoms with van der Waals surface area (Å²) in [5.74, 6) is 0. The Kier molecular flexibility index (Phi) is 10.7. The first-order valence-corrected chi connectivity index (χ1v) is 9.69. The van der Waals surface area contributed by atoms with E-state index < -0.39 is 49.7 Å². The van der Waals surface area contributed by atoms with Crippen LogP contribution in [0.3, 0.4) is 0 Å². The van der Waals surface area contributed by atoms with Crippen molar-refractivity contribution in [2.24, 2.45) is 0 Å². The van der Waals surface area contributed by atoms with Crippen molar-refractivity contribution in [1.29, 1.82) is 0 Å². The lowest BCUT2D eigenvalue weighted by Crippen LogP contribution is -2.40. The lowest BCUT2D eigenvalue weighted by molar-refractivity contribution is -0.175. The number of urea groups is 2. The van der Waals surface area contributed by atoms with Gasteiger partial charge in [-0.15, -0.1) is 0 Å². The van der Waals surface area contributed by atoms with Crippen LogP contribution < -0.4 is 21.3 Å². The highest BCUT2D eigenvalue weighted by atomic mass is 19.4. The number of rotatable bonds is 10. The highest BCUT2D eigenvalue weighted by molar-refractivity contribution is 5.93. The molecule has 0 aromatic heterocycles. The maximum absolute atomic E-state index is 12.1. The van der Waals surface area contributed by atoms with E-state index in [1.807, 2.05) is 0 Å². The van der Waals surface area contributed by atoms with Gasteiger partial charge in [-0.2, -0.15) is 26.3 Å². The number of aryl methyl sites for hydroxylation is 1. The molecule has 0 aliphatic heterocycles. The molecule has 1 rings (SSSR count). The normalized spacial score (nSPS) is 13.7. The molecule has 1 aromatic carbocycles. The topological polar surface area (TPSA) is 101 Å². The summed E-state index contributed by atoms with van der Waals surface area (Å²) in [6.07, 6.45) is -8.93. The van der Waals surface area contributed by atoms with Crippen molar-refractivity contribution in [3.05, 3.63) is 23.8 Å². The zero-order chi connectivity index (χ0) is 25.2. The first kappa shape index (κ1) is 28.3. The molecule has 14 heteroatoms. The predicted octanol–water partition coefficient (Wildman–Crippen LogP) is 4.17. The molecule has 0 aliphatic carbocycles. The molecular weight excluding hydrogens is 462 g/mol. The molecule has 4 amide bonds.